The Morgan fingerprint density at radius 3 is 2.84 bits per heavy atom. The summed E-state index contributed by atoms with van der Waals surface area (Å²) in [5.74, 6) is 0.762. The van der Waals surface area contributed by atoms with Gasteiger partial charge >= 0.3 is 0 Å². The van der Waals surface area contributed by atoms with Gasteiger partial charge in [0.1, 0.15) is 5.82 Å². The molecule has 3 unspecified atom stereocenters. The van der Waals surface area contributed by atoms with Crippen molar-refractivity contribution in [3.8, 4) is 11.3 Å². The van der Waals surface area contributed by atoms with Crippen LogP contribution in [0.5, 0.6) is 0 Å². The molecule has 0 saturated heterocycles. The first-order valence-electron chi connectivity index (χ1n) is 11.2. The lowest BCUT2D eigenvalue weighted by atomic mass is 9.70. The average Bonchev–Trinajstić information content (AvgIpc) is 3.37. The van der Waals surface area contributed by atoms with Crippen LogP contribution in [0.2, 0.25) is 0 Å². The van der Waals surface area contributed by atoms with Crippen LogP contribution in [0, 0.1) is 11.7 Å². The summed E-state index contributed by atoms with van der Waals surface area (Å²) in [6.07, 6.45) is 7.62. The number of halogens is 1. The molecule has 1 aliphatic heterocycles. The van der Waals surface area contributed by atoms with Gasteiger partial charge in [0.05, 0.1) is 30.4 Å². The van der Waals surface area contributed by atoms with Crippen LogP contribution >= 0.6 is 0 Å². The van der Waals surface area contributed by atoms with Gasteiger partial charge in [0.2, 0.25) is 0 Å². The van der Waals surface area contributed by atoms with Crippen LogP contribution < -0.4 is 0 Å². The third kappa shape index (κ3) is 3.10. The summed E-state index contributed by atoms with van der Waals surface area (Å²) < 4.78 is 16.8. The van der Waals surface area contributed by atoms with Crippen LogP contribution in [0.1, 0.15) is 55.2 Å². The maximum absolute atomic E-state index is 14.8. The number of benzene rings is 2. The molecule has 4 atom stereocenters. The van der Waals surface area contributed by atoms with Crippen molar-refractivity contribution in [1.82, 2.24) is 9.55 Å². The van der Waals surface area contributed by atoms with Gasteiger partial charge in [-0.05, 0) is 48.8 Å². The molecule has 6 rings (SSSR count). The van der Waals surface area contributed by atoms with Gasteiger partial charge in [-0.1, -0.05) is 42.5 Å². The molecule has 0 amide bonds. The highest BCUT2D eigenvalue weighted by molar-refractivity contribution is 5.69. The molecule has 1 aromatic heterocycles. The fraction of sp³-hybridized carbons (Fsp3) is 0.333. The summed E-state index contributed by atoms with van der Waals surface area (Å²) in [5.41, 5.74) is 9.75. The van der Waals surface area contributed by atoms with E-state index in [1.165, 1.54) is 23.6 Å². The summed E-state index contributed by atoms with van der Waals surface area (Å²) in [7, 11) is 0. The van der Waals surface area contributed by atoms with Crippen molar-refractivity contribution >= 4 is 0 Å². The van der Waals surface area contributed by atoms with Crippen LogP contribution in [0.3, 0.4) is 0 Å². The maximum atomic E-state index is 14.8. The monoisotopic (exact) mass is 412 g/mol. The number of aliphatic hydroxyl groups is 1. The molecule has 3 nitrogen and oxygen atoms in total. The standard InChI is InChI=1S/C27H25FN2O/c28-23-8-4-7-22-25-15-29-16-30(25)24(27(22)23)14-26(31)20-12-17-9-10-21(19(11-17)13-20)18-5-2-1-3-6-18/h1-8,15-17,21,24,26,31H,9-12,14H2/t17?,21-,24?,26?/m0/s1. The Balaban J connectivity index is 1.34. The van der Waals surface area contributed by atoms with Gasteiger partial charge in [-0.2, -0.15) is 0 Å². The zero-order chi connectivity index (χ0) is 20.9. The molecule has 3 aromatic rings. The number of hydrogen-bond acceptors (Lipinski definition) is 2. The molecule has 0 spiro atoms. The second kappa shape index (κ2) is 7.33. The quantitative estimate of drug-likeness (QED) is 0.552. The van der Waals surface area contributed by atoms with Gasteiger partial charge in [-0.15, -0.1) is 5.73 Å². The summed E-state index contributed by atoms with van der Waals surface area (Å²) in [5, 5.41) is 11.3. The summed E-state index contributed by atoms with van der Waals surface area (Å²) in [4.78, 5) is 4.26. The average molecular weight is 413 g/mol. The molecule has 156 valence electrons. The number of rotatable bonds is 4. The maximum Gasteiger partial charge on any atom is 0.129 e. The van der Waals surface area contributed by atoms with E-state index in [1.54, 1.807) is 18.6 Å². The molecule has 4 heteroatoms. The van der Waals surface area contributed by atoms with Crippen molar-refractivity contribution in [3.05, 3.63) is 94.9 Å². The molecule has 0 radical (unpaired) electrons. The van der Waals surface area contributed by atoms with E-state index < -0.39 is 6.10 Å². The van der Waals surface area contributed by atoms with Crippen molar-refractivity contribution in [2.24, 2.45) is 5.92 Å². The molecule has 1 fully saturated rings. The zero-order valence-corrected chi connectivity index (χ0v) is 17.3. The third-order valence-corrected chi connectivity index (χ3v) is 7.34. The van der Waals surface area contributed by atoms with E-state index in [2.05, 4.69) is 41.0 Å². The van der Waals surface area contributed by atoms with Crippen molar-refractivity contribution in [3.63, 3.8) is 0 Å². The number of aliphatic hydroxyl groups excluding tert-OH is 1. The largest absolute Gasteiger partial charge is 0.388 e. The molecule has 31 heavy (non-hydrogen) atoms. The Bertz CT molecular complexity index is 1200. The first-order valence-corrected chi connectivity index (χ1v) is 11.2. The van der Waals surface area contributed by atoms with Gasteiger partial charge < -0.3 is 9.67 Å². The number of imidazole rings is 1. The van der Waals surface area contributed by atoms with Crippen LogP contribution in [-0.4, -0.2) is 20.8 Å². The highest BCUT2D eigenvalue weighted by atomic mass is 19.1. The van der Waals surface area contributed by atoms with Crippen LogP contribution in [-0.2, 0) is 0 Å². The predicted molar refractivity (Wildman–Crippen MR) is 118 cm³/mol. The minimum Gasteiger partial charge on any atom is -0.388 e. The first kappa shape index (κ1) is 18.8. The lowest BCUT2D eigenvalue weighted by Gasteiger charge is -2.35. The lowest BCUT2D eigenvalue weighted by Crippen LogP contribution is -2.25. The second-order valence-electron chi connectivity index (χ2n) is 9.14. The fourth-order valence-electron chi connectivity index (χ4n) is 5.87. The lowest BCUT2D eigenvalue weighted by molar-refractivity contribution is 0.174. The van der Waals surface area contributed by atoms with Crippen molar-refractivity contribution in [1.29, 1.82) is 0 Å². The van der Waals surface area contributed by atoms with E-state index in [0.29, 0.717) is 23.8 Å². The van der Waals surface area contributed by atoms with Crippen LogP contribution in [0.15, 0.2) is 77.9 Å². The molecule has 2 aromatic carbocycles. The van der Waals surface area contributed by atoms with Crippen LogP contribution in [0.25, 0.3) is 11.3 Å². The van der Waals surface area contributed by atoms with Gasteiger partial charge in [-0.3, -0.25) is 0 Å². The zero-order valence-electron chi connectivity index (χ0n) is 17.3. The van der Waals surface area contributed by atoms with E-state index in [4.69, 9.17) is 0 Å². The molecular formula is C27H25FN2O. The van der Waals surface area contributed by atoms with E-state index in [0.717, 1.165) is 36.1 Å². The number of fused-ring (bicyclic) bond motifs is 5. The van der Waals surface area contributed by atoms with Gasteiger partial charge in [-0.25, -0.2) is 9.37 Å². The smallest absolute Gasteiger partial charge is 0.129 e. The summed E-state index contributed by atoms with van der Waals surface area (Å²) in [6, 6.07) is 15.6. The minimum atomic E-state index is -0.641. The Kier molecular flexibility index (Phi) is 4.45. The molecule has 2 aliphatic carbocycles. The first-order chi connectivity index (χ1) is 15.2. The van der Waals surface area contributed by atoms with Gasteiger partial charge in [0.25, 0.3) is 0 Å². The predicted octanol–water partition coefficient (Wildman–Crippen LogP) is 5.78. The van der Waals surface area contributed by atoms with Crippen molar-refractivity contribution in [2.45, 2.75) is 50.2 Å². The Hall–Kier alpha value is -2.94. The Morgan fingerprint density at radius 1 is 1.10 bits per heavy atom. The molecule has 1 saturated carbocycles. The Morgan fingerprint density at radius 2 is 1.97 bits per heavy atom. The normalized spacial score (nSPS) is 24.8. The second-order valence-corrected chi connectivity index (χ2v) is 9.14. The van der Waals surface area contributed by atoms with E-state index in [9.17, 15) is 9.50 Å². The molecule has 3 aliphatic rings. The van der Waals surface area contributed by atoms with Crippen molar-refractivity contribution in [2.75, 3.05) is 0 Å². The SMILES string of the molecule is OC(CC1c2c(F)cccc2-c2cncn21)C1=C=C2CC(CC[C@H]2c2ccccc2)C1. The van der Waals surface area contributed by atoms with E-state index >= 15 is 0 Å². The van der Waals surface area contributed by atoms with Crippen molar-refractivity contribution < 1.29 is 9.50 Å². The topological polar surface area (TPSA) is 38.1 Å². The minimum absolute atomic E-state index is 0.213. The fourth-order valence-corrected chi connectivity index (χ4v) is 5.87. The van der Waals surface area contributed by atoms with Gasteiger partial charge in [0, 0.05) is 29.0 Å². The number of nitrogens with zero attached hydrogens (tertiary/aromatic N) is 2. The van der Waals surface area contributed by atoms with E-state index in [-0.39, 0.29) is 11.9 Å². The summed E-state index contributed by atoms with van der Waals surface area (Å²) in [6.45, 7) is 0. The molecule has 2 bridgehead atoms. The summed E-state index contributed by atoms with van der Waals surface area (Å²) >= 11 is 0. The van der Waals surface area contributed by atoms with Gasteiger partial charge in [0.15, 0.2) is 0 Å². The third-order valence-electron chi connectivity index (χ3n) is 7.34. The number of aromatic nitrogens is 2. The highest BCUT2D eigenvalue weighted by Crippen LogP contribution is 2.47. The molecular weight excluding hydrogens is 387 g/mol. The highest BCUT2D eigenvalue weighted by Gasteiger charge is 2.36. The molecule has 2 heterocycles. The Labute approximate surface area is 181 Å². The number of hydrogen-bond donors (Lipinski definition) is 1. The van der Waals surface area contributed by atoms with Crippen LogP contribution in [0.4, 0.5) is 4.39 Å². The molecule has 1 N–H and O–H groups in total. The van der Waals surface area contributed by atoms with E-state index in [1.807, 2.05) is 10.6 Å².